The molecule has 0 unspecified atom stereocenters. The highest BCUT2D eigenvalue weighted by Gasteiger charge is 2.30. The molecule has 0 heterocycles. The van der Waals surface area contributed by atoms with E-state index in [2.05, 4.69) is 26.5 Å². The van der Waals surface area contributed by atoms with E-state index in [0.29, 0.717) is 4.47 Å². The third-order valence-electron chi connectivity index (χ3n) is 4.52. The zero-order chi connectivity index (χ0) is 26.5. The van der Waals surface area contributed by atoms with Gasteiger partial charge in [-0.25, -0.2) is 5.43 Å². The van der Waals surface area contributed by atoms with Crippen LogP contribution < -0.4 is 9.61 Å². The Morgan fingerprint density at radius 1 is 1.11 bits per heavy atom. The Bertz CT molecular complexity index is 1430. The summed E-state index contributed by atoms with van der Waals surface area (Å²) in [6, 6.07) is 12.6. The first kappa shape index (κ1) is 26.8. The van der Waals surface area contributed by atoms with E-state index in [-0.39, 0.29) is 33.9 Å². The average molecular weight is 586 g/mol. The smallest absolute Gasteiger partial charge is 0.378 e. The lowest BCUT2D eigenvalue weighted by atomic mass is 10.1. The molecule has 14 heteroatoms. The van der Waals surface area contributed by atoms with Crippen LogP contribution in [0, 0.1) is 10.1 Å². The normalized spacial score (nSPS) is 11.9. The van der Waals surface area contributed by atoms with Crippen molar-refractivity contribution in [1.29, 1.82) is 0 Å². The molecule has 0 aliphatic heterocycles. The number of rotatable bonds is 8. The molecule has 0 fully saturated rings. The van der Waals surface area contributed by atoms with E-state index in [0.717, 1.165) is 42.6 Å². The van der Waals surface area contributed by atoms with Crippen LogP contribution >= 0.6 is 15.9 Å². The van der Waals surface area contributed by atoms with Gasteiger partial charge < -0.3 is 4.18 Å². The van der Waals surface area contributed by atoms with E-state index in [1.165, 1.54) is 30.3 Å². The Labute approximate surface area is 211 Å². The minimum absolute atomic E-state index is 0.123. The van der Waals surface area contributed by atoms with Crippen molar-refractivity contribution in [1.82, 2.24) is 5.43 Å². The fourth-order valence-electron chi connectivity index (χ4n) is 2.85. The van der Waals surface area contributed by atoms with Crippen LogP contribution in [0.4, 0.5) is 18.9 Å². The third kappa shape index (κ3) is 7.11. The second-order valence-corrected chi connectivity index (χ2v) is 9.60. The molecule has 3 aromatic carbocycles. The minimum atomic E-state index is -4.55. The van der Waals surface area contributed by atoms with Gasteiger partial charge in [0, 0.05) is 22.2 Å². The first-order valence-corrected chi connectivity index (χ1v) is 12.0. The van der Waals surface area contributed by atoms with Crippen molar-refractivity contribution in [2.24, 2.45) is 5.10 Å². The van der Waals surface area contributed by atoms with Crippen LogP contribution in [0.25, 0.3) is 0 Å². The molecule has 3 aromatic rings. The zero-order valence-corrected chi connectivity index (χ0v) is 20.3. The standard InChI is InChI=1S/C22H15BrF3N3O6S/c23-17-4-9-20(35-36(33,34)19-7-5-18(6-8-19)29(31)32)15(12-17)13-27-28-21(30)11-14-2-1-3-16(10-14)22(24,25)26/h1-10,12-13H,11H2,(H,28,30)/b27-13-. The lowest BCUT2D eigenvalue weighted by Gasteiger charge is -2.10. The highest BCUT2D eigenvalue weighted by Crippen LogP contribution is 2.30. The topological polar surface area (TPSA) is 128 Å². The third-order valence-corrected chi connectivity index (χ3v) is 6.26. The van der Waals surface area contributed by atoms with Crippen LogP contribution in [-0.2, 0) is 27.5 Å². The maximum atomic E-state index is 12.8. The molecule has 0 aromatic heterocycles. The van der Waals surface area contributed by atoms with Gasteiger partial charge in [0.2, 0.25) is 5.91 Å². The van der Waals surface area contributed by atoms with Crippen LogP contribution in [0.15, 0.2) is 81.2 Å². The molecule has 0 bridgehead atoms. The Kier molecular flexibility index (Phi) is 8.10. The number of nitrogens with one attached hydrogen (secondary N) is 1. The lowest BCUT2D eigenvalue weighted by molar-refractivity contribution is -0.384. The summed E-state index contributed by atoms with van der Waals surface area (Å²) >= 11 is 3.22. The van der Waals surface area contributed by atoms with Crippen molar-refractivity contribution < 1.29 is 35.5 Å². The highest BCUT2D eigenvalue weighted by molar-refractivity contribution is 9.10. The van der Waals surface area contributed by atoms with Crippen molar-refractivity contribution in [2.45, 2.75) is 17.5 Å². The van der Waals surface area contributed by atoms with Crippen molar-refractivity contribution in [3.63, 3.8) is 0 Å². The SMILES string of the molecule is O=C(Cc1cccc(C(F)(F)F)c1)N/N=C\c1cc(Br)ccc1OS(=O)(=O)c1ccc([N+](=O)[O-])cc1. The largest absolute Gasteiger partial charge is 0.416 e. The summed E-state index contributed by atoms with van der Waals surface area (Å²) in [6.45, 7) is 0. The highest BCUT2D eigenvalue weighted by atomic mass is 79.9. The number of carbonyl (C=O) groups excluding carboxylic acids is 1. The van der Waals surface area contributed by atoms with Crippen molar-refractivity contribution in [3.05, 3.63) is 98.0 Å². The van der Waals surface area contributed by atoms with Gasteiger partial charge in [0.15, 0.2) is 5.75 Å². The van der Waals surface area contributed by atoms with E-state index >= 15 is 0 Å². The van der Waals surface area contributed by atoms with E-state index in [1.807, 2.05) is 0 Å². The van der Waals surface area contributed by atoms with Crippen LogP contribution in [0.1, 0.15) is 16.7 Å². The molecule has 0 radical (unpaired) electrons. The van der Waals surface area contributed by atoms with E-state index in [9.17, 15) is 36.5 Å². The van der Waals surface area contributed by atoms with E-state index < -0.39 is 32.7 Å². The summed E-state index contributed by atoms with van der Waals surface area (Å²) < 4.78 is 69.4. The number of benzene rings is 3. The summed E-state index contributed by atoms with van der Waals surface area (Å²) in [5.41, 5.74) is 1.23. The van der Waals surface area contributed by atoms with E-state index in [1.54, 1.807) is 0 Å². The molecule has 0 aliphatic carbocycles. The molecule has 0 saturated heterocycles. The van der Waals surface area contributed by atoms with Gasteiger partial charge in [-0.05, 0) is 42.0 Å². The first-order chi connectivity index (χ1) is 16.8. The van der Waals surface area contributed by atoms with Crippen molar-refractivity contribution in [3.8, 4) is 5.75 Å². The number of nitro groups is 1. The number of alkyl halides is 3. The number of hydrazone groups is 1. The predicted octanol–water partition coefficient (Wildman–Crippen LogP) is 4.84. The molecule has 1 N–H and O–H groups in total. The lowest BCUT2D eigenvalue weighted by Crippen LogP contribution is -2.20. The quantitative estimate of drug-likeness (QED) is 0.174. The summed E-state index contributed by atoms with van der Waals surface area (Å²) in [7, 11) is -4.37. The van der Waals surface area contributed by atoms with Crippen LogP contribution in [0.2, 0.25) is 0 Å². The summed E-state index contributed by atoms with van der Waals surface area (Å²) in [5, 5.41) is 14.5. The molecular weight excluding hydrogens is 571 g/mol. The summed E-state index contributed by atoms with van der Waals surface area (Å²) in [6.07, 6.45) is -3.83. The summed E-state index contributed by atoms with van der Waals surface area (Å²) in [5.74, 6) is -0.867. The van der Waals surface area contributed by atoms with Gasteiger partial charge in [-0.15, -0.1) is 0 Å². The molecule has 188 valence electrons. The second kappa shape index (κ2) is 10.9. The number of hydrogen-bond donors (Lipinski definition) is 1. The zero-order valence-electron chi connectivity index (χ0n) is 17.9. The number of nitrogens with zero attached hydrogens (tertiary/aromatic N) is 2. The number of hydrogen-bond acceptors (Lipinski definition) is 7. The number of non-ortho nitro benzene ring substituents is 1. The molecule has 36 heavy (non-hydrogen) atoms. The molecule has 0 spiro atoms. The van der Waals surface area contributed by atoms with Crippen LogP contribution in [0.5, 0.6) is 5.75 Å². The van der Waals surface area contributed by atoms with Gasteiger partial charge >= 0.3 is 16.3 Å². The maximum absolute atomic E-state index is 12.8. The van der Waals surface area contributed by atoms with E-state index in [4.69, 9.17) is 4.18 Å². The Balaban J connectivity index is 1.73. The Hall–Kier alpha value is -3.78. The molecule has 9 nitrogen and oxygen atoms in total. The van der Waals surface area contributed by atoms with Gasteiger partial charge in [-0.2, -0.15) is 26.7 Å². The number of halogens is 4. The fourth-order valence-corrected chi connectivity index (χ4v) is 4.19. The Morgan fingerprint density at radius 3 is 2.44 bits per heavy atom. The predicted molar refractivity (Wildman–Crippen MR) is 126 cm³/mol. The monoisotopic (exact) mass is 585 g/mol. The van der Waals surface area contributed by atoms with Gasteiger partial charge in [-0.1, -0.05) is 34.1 Å². The number of nitro benzene ring substituents is 1. The molecule has 0 saturated carbocycles. The second-order valence-electron chi connectivity index (χ2n) is 7.14. The van der Waals surface area contributed by atoms with Crippen molar-refractivity contribution in [2.75, 3.05) is 0 Å². The first-order valence-electron chi connectivity index (χ1n) is 9.82. The molecule has 0 aliphatic rings. The van der Waals surface area contributed by atoms with Gasteiger partial charge in [0.1, 0.15) is 4.90 Å². The van der Waals surface area contributed by atoms with Crippen LogP contribution in [-0.4, -0.2) is 25.5 Å². The number of amides is 1. The Morgan fingerprint density at radius 2 is 1.81 bits per heavy atom. The van der Waals surface area contributed by atoms with Crippen LogP contribution in [0.3, 0.4) is 0 Å². The summed E-state index contributed by atoms with van der Waals surface area (Å²) in [4.78, 5) is 21.9. The fraction of sp³-hybridized carbons (Fsp3) is 0.0909. The van der Waals surface area contributed by atoms with Gasteiger partial charge in [0.05, 0.1) is 23.1 Å². The molecular formula is C22H15BrF3N3O6S. The molecule has 0 atom stereocenters. The molecule has 3 rings (SSSR count). The van der Waals surface area contributed by atoms with Gasteiger partial charge in [0.25, 0.3) is 5.69 Å². The van der Waals surface area contributed by atoms with Gasteiger partial charge in [-0.3, -0.25) is 14.9 Å². The maximum Gasteiger partial charge on any atom is 0.416 e. The minimum Gasteiger partial charge on any atom is -0.378 e. The molecule has 1 amide bonds. The number of carbonyl (C=O) groups is 1. The van der Waals surface area contributed by atoms with Crippen molar-refractivity contribution >= 4 is 43.9 Å². The average Bonchev–Trinajstić information content (AvgIpc) is 2.80.